The van der Waals surface area contributed by atoms with E-state index in [1.807, 2.05) is 13.0 Å². The zero-order chi connectivity index (χ0) is 32.9. The summed E-state index contributed by atoms with van der Waals surface area (Å²) < 4.78 is 27.7. The number of carbonyl (C=O) groups excluding carboxylic acids is 3. The highest BCUT2D eigenvalue weighted by Gasteiger charge is 2.34. The van der Waals surface area contributed by atoms with E-state index in [0.717, 1.165) is 18.3 Å². The highest BCUT2D eigenvalue weighted by atomic mass is 19.1. The molecule has 2 amide bonds. The molecule has 2 aromatic carbocycles. The Kier molecular flexibility index (Phi) is 15.3. The lowest BCUT2D eigenvalue weighted by atomic mass is 10.0. The molecule has 9 heteroatoms. The molecule has 4 rings (SSSR count). The number of aromatic nitrogens is 1. The van der Waals surface area contributed by atoms with Crippen molar-refractivity contribution in [2.45, 2.75) is 73.8 Å². The van der Waals surface area contributed by atoms with E-state index in [1.165, 1.54) is 42.3 Å². The van der Waals surface area contributed by atoms with E-state index in [2.05, 4.69) is 69.9 Å². The van der Waals surface area contributed by atoms with Crippen LogP contribution < -0.4 is 0 Å². The zero-order valence-electron chi connectivity index (χ0n) is 26.9. The summed E-state index contributed by atoms with van der Waals surface area (Å²) in [4.78, 5) is 39.4. The Hall–Kier alpha value is -4.06. The summed E-state index contributed by atoms with van der Waals surface area (Å²) in [5.41, 5.74) is 1.91. The maximum atomic E-state index is 14.0. The molecule has 43 heavy (non-hydrogen) atoms. The van der Waals surface area contributed by atoms with Crippen molar-refractivity contribution < 1.29 is 23.2 Å². The Bertz CT molecular complexity index is 1380. The van der Waals surface area contributed by atoms with E-state index in [9.17, 15) is 23.6 Å². The number of H-pyrrole nitrogens is 1. The Balaban J connectivity index is 0.000000474. The Morgan fingerprint density at radius 1 is 1.12 bits per heavy atom. The molecule has 234 valence electrons. The van der Waals surface area contributed by atoms with Gasteiger partial charge in [0, 0.05) is 30.6 Å². The van der Waals surface area contributed by atoms with Gasteiger partial charge in [-0.2, -0.15) is 5.26 Å². The third-order valence-corrected chi connectivity index (χ3v) is 6.46. The molecule has 2 heterocycles. The lowest BCUT2D eigenvalue weighted by Crippen LogP contribution is -2.43. The van der Waals surface area contributed by atoms with Gasteiger partial charge in [0.15, 0.2) is 0 Å². The Morgan fingerprint density at radius 3 is 2.16 bits per heavy atom. The molecule has 1 aliphatic rings. The van der Waals surface area contributed by atoms with Crippen molar-refractivity contribution in [3.63, 3.8) is 0 Å². The fourth-order valence-electron chi connectivity index (χ4n) is 4.32. The third kappa shape index (κ3) is 11.3. The highest BCUT2D eigenvalue weighted by Crippen LogP contribution is 2.26. The molecule has 2 atom stereocenters. The predicted octanol–water partition coefficient (Wildman–Crippen LogP) is 7.26. The van der Waals surface area contributed by atoms with Gasteiger partial charge in [-0.15, -0.1) is 0 Å². The van der Waals surface area contributed by atoms with Crippen molar-refractivity contribution in [1.82, 2.24) is 14.8 Å². The number of nitrogens with zero attached hydrogens (tertiary/aromatic N) is 3. The molecule has 1 fully saturated rings. The van der Waals surface area contributed by atoms with Crippen LogP contribution >= 0.6 is 0 Å². The largest absolute Gasteiger partial charge is 0.350 e. The number of hydrogen-bond donors (Lipinski definition) is 1. The molecule has 7 nitrogen and oxygen atoms in total. The molecule has 0 bridgehead atoms. The number of fused-ring (bicyclic) bond motifs is 1. The fraction of sp³-hybridized carbons (Fsp3) is 0.471. The standard InChI is InChI=1S/C19H20F2N4O2.C9H12.C4H10.C2H4O/c1-10-4-12(7-22)25(8-10)17(26)9-24(3)19(27)16-5-13-15(21)6-14(20)11(2)18(13)23-16;1-8(2)9-6-4-3-5-7-9;1-4(2)3;1-2-3/h5-6,10,12,23H,4,8-9H2,1-3H3;3-8H,1-2H3;4H,1-3H3;2H,1H3. The fourth-order valence-corrected chi connectivity index (χ4v) is 4.32. The number of likely N-dealkylation sites (tertiary alicyclic amines) is 1. The summed E-state index contributed by atoms with van der Waals surface area (Å²) in [5, 5.41) is 9.30. The molecule has 0 spiro atoms. The van der Waals surface area contributed by atoms with Crippen LogP contribution in [0.1, 0.15) is 82.4 Å². The number of likely N-dealkylation sites (N-methyl/N-ethyl adjacent to an activating group) is 1. The number of amides is 2. The normalized spacial score (nSPS) is 15.4. The molecule has 3 aromatic rings. The second-order valence-electron chi connectivity index (χ2n) is 11.7. The number of carbonyl (C=O) groups is 3. The summed E-state index contributed by atoms with van der Waals surface area (Å²) in [6, 6.07) is 14.2. The quantitative estimate of drug-likeness (QED) is 0.321. The first-order valence-corrected chi connectivity index (χ1v) is 14.5. The minimum atomic E-state index is -0.759. The smallest absolute Gasteiger partial charge is 0.270 e. The molecule has 1 aliphatic heterocycles. The number of benzene rings is 2. The van der Waals surface area contributed by atoms with E-state index in [-0.39, 0.29) is 40.5 Å². The van der Waals surface area contributed by atoms with Crippen LogP contribution in [-0.4, -0.2) is 59.1 Å². The molecule has 0 saturated carbocycles. The number of aryl methyl sites for hydroxylation is 1. The van der Waals surface area contributed by atoms with Crippen LogP contribution in [0.5, 0.6) is 0 Å². The van der Waals surface area contributed by atoms with Crippen molar-refractivity contribution in [2.75, 3.05) is 20.1 Å². The van der Waals surface area contributed by atoms with Gasteiger partial charge in [-0.3, -0.25) is 9.59 Å². The number of nitrogens with one attached hydrogen (secondary N) is 1. The molecule has 0 radical (unpaired) electrons. The topological polar surface area (TPSA) is 97.3 Å². The van der Waals surface area contributed by atoms with Crippen molar-refractivity contribution in [2.24, 2.45) is 11.8 Å². The monoisotopic (exact) mass is 596 g/mol. The third-order valence-electron chi connectivity index (χ3n) is 6.46. The molecular weight excluding hydrogens is 550 g/mol. The van der Waals surface area contributed by atoms with Crippen LogP contribution in [0.15, 0.2) is 42.5 Å². The number of aromatic amines is 1. The van der Waals surface area contributed by atoms with E-state index < -0.39 is 23.6 Å². The van der Waals surface area contributed by atoms with Crippen molar-refractivity contribution in [3.8, 4) is 6.07 Å². The highest BCUT2D eigenvalue weighted by molar-refractivity contribution is 6.00. The van der Waals surface area contributed by atoms with Crippen LogP contribution in [0.2, 0.25) is 0 Å². The van der Waals surface area contributed by atoms with Gasteiger partial charge in [-0.1, -0.05) is 71.9 Å². The summed E-state index contributed by atoms with van der Waals surface area (Å²) >= 11 is 0. The first-order valence-electron chi connectivity index (χ1n) is 14.5. The van der Waals surface area contributed by atoms with Crippen LogP contribution in [0.3, 0.4) is 0 Å². The van der Waals surface area contributed by atoms with Gasteiger partial charge in [0.1, 0.15) is 29.7 Å². The second kappa shape index (κ2) is 17.8. The van der Waals surface area contributed by atoms with Crippen molar-refractivity contribution in [1.29, 1.82) is 5.26 Å². The summed E-state index contributed by atoms with van der Waals surface area (Å²) in [6.45, 7) is 16.1. The lowest BCUT2D eigenvalue weighted by molar-refractivity contribution is -0.131. The van der Waals surface area contributed by atoms with Gasteiger partial charge >= 0.3 is 0 Å². The van der Waals surface area contributed by atoms with E-state index in [0.29, 0.717) is 18.9 Å². The van der Waals surface area contributed by atoms with Gasteiger partial charge in [-0.05, 0) is 49.7 Å². The van der Waals surface area contributed by atoms with Crippen molar-refractivity contribution in [3.05, 3.63) is 70.9 Å². The number of nitriles is 1. The first kappa shape index (κ1) is 37.0. The molecule has 2 unspecified atom stereocenters. The SMILES string of the molecule is CC(C)C.CC(C)c1ccccc1.CC=O.Cc1c(F)cc(F)c2cc(C(=O)N(C)CC(=O)N3CC(C)CC3C#N)[nH]c12. The van der Waals surface area contributed by atoms with Crippen LogP contribution in [0.25, 0.3) is 10.9 Å². The van der Waals surface area contributed by atoms with Crippen molar-refractivity contribution >= 4 is 29.0 Å². The van der Waals surface area contributed by atoms with Gasteiger partial charge in [-0.25, -0.2) is 8.78 Å². The molecule has 0 aliphatic carbocycles. The van der Waals surface area contributed by atoms with Gasteiger partial charge < -0.3 is 19.6 Å². The predicted molar refractivity (Wildman–Crippen MR) is 168 cm³/mol. The van der Waals surface area contributed by atoms with Gasteiger partial charge in [0.05, 0.1) is 18.1 Å². The minimum Gasteiger partial charge on any atom is -0.350 e. The van der Waals surface area contributed by atoms with Crippen LogP contribution in [-0.2, 0) is 9.59 Å². The molecule has 1 saturated heterocycles. The maximum absolute atomic E-state index is 14.0. The number of aldehydes is 1. The Morgan fingerprint density at radius 2 is 1.67 bits per heavy atom. The van der Waals surface area contributed by atoms with E-state index in [1.54, 1.807) is 0 Å². The van der Waals surface area contributed by atoms with Crippen LogP contribution in [0.4, 0.5) is 8.78 Å². The second-order valence-corrected chi connectivity index (χ2v) is 11.7. The first-order chi connectivity index (χ1) is 20.2. The molecule has 1 aromatic heterocycles. The van der Waals surface area contributed by atoms with Crippen LogP contribution in [0, 0.1) is 41.7 Å². The summed E-state index contributed by atoms with van der Waals surface area (Å²) in [6.07, 6.45) is 1.37. The summed E-state index contributed by atoms with van der Waals surface area (Å²) in [5.74, 6) is -0.564. The number of hydrogen-bond acceptors (Lipinski definition) is 4. The molecule has 1 N–H and O–H groups in total. The van der Waals surface area contributed by atoms with Gasteiger partial charge in [0.25, 0.3) is 5.91 Å². The minimum absolute atomic E-state index is 0.0690. The zero-order valence-corrected chi connectivity index (χ0v) is 26.9. The average Bonchev–Trinajstić information content (AvgIpc) is 3.57. The Labute approximate surface area is 254 Å². The summed E-state index contributed by atoms with van der Waals surface area (Å²) in [7, 11) is 1.45. The average molecular weight is 597 g/mol. The maximum Gasteiger partial charge on any atom is 0.270 e. The van der Waals surface area contributed by atoms with E-state index in [4.69, 9.17) is 4.79 Å². The lowest BCUT2D eigenvalue weighted by Gasteiger charge is -2.23. The molecular formula is C34H46F2N4O3. The van der Waals surface area contributed by atoms with Gasteiger partial charge in [0.2, 0.25) is 5.91 Å². The number of rotatable bonds is 4. The van der Waals surface area contributed by atoms with E-state index >= 15 is 0 Å². The number of halogens is 2.